The fraction of sp³-hybridized carbons (Fsp3) is 0. The van der Waals surface area contributed by atoms with Crippen LogP contribution in [-0.2, 0) is 0 Å². The van der Waals surface area contributed by atoms with E-state index in [9.17, 15) is 20.0 Å². The Labute approximate surface area is 123 Å². The first-order valence-corrected chi connectivity index (χ1v) is 6.16. The first kappa shape index (κ1) is 13.6. The molecule has 3 rings (SSSR count). The topological polar surface area (TPSA) is 118 Å². The van der Waals surface area contributed by atoms with Crippen molar-refractivity contribution >= 4 is 28.4 Å². The number of nitro benzene ring substituents is 1. The molecule has 8 nitrogen and oxygen atoms in total. The summed E-state index contributed by atoms with van der Waals surface area (Å²) in [6, 6.07) is 8.11. The largest absolute Gasteiger partial charge is 0.506 e. The first-order chi connectivity index (χ1) is 10.5. The lowest BCUT2D eigenvalue weighted by molar-refractivity contribution is -0.384. The molecule has 8 heteroatoms. The van der Waals surface area contributed by atoms with Crippen LogP contribution in [0.25, 0.3) is 11.1 Å². The minimum atomic E-state index is -0.635. The Morgan fingerprint density at radius 2 is 2.09 bits per heavy atom. The van der Waals surface area contributed by atoms with Crippen LogP contribution < -0.4 is 5.32 Å². The van der Waals surface area contributed by atoms with Crippen LogP contribution in [-0.4, -0.2) is 20.9 Å². The predicted molar refractivity (Wildman–Crippen MR) is 76.7 cm³/mol. The molecule has 0 bridgehead atoms. The van der Waals surface area contributed by atoms with E-state index in [2.05, 4.69) is 10.3 Å². The van der Waals surface area contributed by atoms with Crippen LogP contribution in [0, 0.1) is 10.1 Å². The molecule has 1 aromatic heterocycles. The van der Waals surface area contributed by atoms with Gasteiger partial charge in [-0.15, -0.1) is 0 Å². The van der Waals surface area contributed by atoms with Gasteiger partial charge in [0, 0.05) is 11.6 Å². The number of oxazole rings is 1. The van der Waals surface area contributed by atoms with E-state index >= 15 is 0 Å². The second kappa shape index (κ2) is 5.17. The van der Waals surface area contributed by atoms with Crippen molar-refractivity contribution in [2.75, 3.05) is 5.32 Å². The molecule has 2 N–H and O–H groups in total. The van der Waals surface area contributed by atoms with E-state index in [1.54, 1.807) is 12.1 Å². The predicted octanol–water partition coefficient (Wildman–Crippen LogP) is 2.69. The minimum absolute atomic E-state index is 0.0795. The number of benzene rings is 2. The number of fused-ring (bicyclic) bond motifs is 1. The number of anilines is 1. The fourth-order valence-electron chi connectivity index (χ4n) is 1.93. The highest BCUT2D eigenvalue weighted by Gasteiger charge is 2.14. The van der Waals surface area contributed by atoms with Gasteiger partial charge in [-0.1, -0.05) is 0 Å². The molecule has 0 spiro atoms. The molecule has 0 fully saturated rings. The molecule has 0 saturated carbocycles. The van der Waals surface area contributed by atoms with E-state index in [-0.39, 0.29) is 17.1 Å². The number of aromatic hydroxyl groups is 1. The van der Waals surface area contributed by atoms with E-state index < -0.39 is 10.8 Å². The fourth-order valence-corrected chi connectivity index (χ4v) is 1.93. The zero-order valence-corrected chi connectivity index (χ0v) is 11.0. The summed E-state index contributed by atoms with van der Waals surface area (Å²) < 4.78 is 5.08. The van der Waals surface area contributed by atoms with Crippen LogP contribution in [0.5, 0.6) is 5.75 Å². The van der Waals surface area contributed by atoms with E-state index in [4.69, 9.17) is 4.42 Å². The Bertz CT molecular complexity index is 887. The third-order valence-electron chi connectivity index (χ3n) is 3.03. The van der Waals surface area contributed by atoms with Crippen molar-refractivity contribution in [1.29, 1.82) is 0 Å². The summed E-state index contributed by atoms with van der Waals surface area (Å²) in [4.78, 5) is 26.0. The summed E-state index contributed by atoms with van der Waals surface area (Å²) in [6.07, 6.45) is 1.27. The molecule has 0 atom stereocenters. The number of nitrogens with zero attached hydrogens (tertiary/aromatic N) is 2. The van der Waals surface area contributed by atoms with Gasteiger partial charge >= 0.3 is 0 Å². The summed E-state index contributed by atoms with van der Waals surface area (Å²) in [5, 5.41) is 22.8. The molecule has 1 amide bonds. The Hall–Kier alpha value is -3.42. The number of phenols is 1. The van der Waals surface area contributed by atoms with Crippen molar-refractivity contribution in [3.05, 3.63) is 58.5 Å². The smallest absolute Gasteiger partial charge is 0.273 e. The SMILES string of the molecule is O=C(Nc1ccc([N+](=O)[O-])cc1O)c1ccc2ocnc2c1. The third kappa shape index (κ3) is 2.44. The number of phenolic OH excluding ortho intramolecular Hbond substituents is 1. The monoisotopic (exact) mass is 299 g/mol. The maximum atomic E-state index is 12.1. The average molecular weight is 299 g/mol. The Balaban J connectivity index is 1.85. The summed E-state index contributed by atoms with van der Waals surface area (Å²) in [5.41, 5.74) is 1.21. The molecule has 0 unspecified atom stereocenters. The van der Waals surface area contributed by atoms with Crippen LogP contribution in [0.1, 0.15) is 10.4 Å². The van der Waals surface area contributed by atoms with Gasteiger partial charge in [-0.3, -0.25) is 14.9 Å². The number of aromatic nitrogens is 1. The van der Waals surface area contributed by atoms with Crippen LogP contribution in [0.15, 0.2) is 47.2 Å². The van der Waals surface area contributed by atoms with Crippen molar-refractivity contribution in [3.63, 3.8) is 0 Å². The van der Waals surface area contributed by atoms with E-state index in [0.717, 1.165) is 6.07 Å². The van der Waals surface area contributed by atoms with Crippen molar-refractivity contribution in [1.82, 2.24) is 4.98 Å². The normalized spacial score (nSPS) is 10.5. The number of nitro groups is 1. The summed E-state index contributed by atoms with van der Waals surface area (Å²) >= 11 is 0. The lowest BCUT2D eigenvalue weighted by Crippen LogP contribution is -2.11. The van der Waals surface area contributed by atoms with Gasteiger partial charge in [0.25, 0.3) is 11.6 Å². The number of non-ortho nitro benzene ring substituents is 1. The number of carbonyl (C=O) groups excluding carboxylic acids is 1. The van der Waals surface area contributed by atoms with Crippen LogP contribution in [0.2, 0.25) is 0 Å². The van der Waals surface area contributed by atoms with Crippen LogP contribution >= 0.6 is 0 Å². The lowest BCUT2D eigenvalue weighted by Gasteiger charge is -2.07. The molecule has 1 heterocycles. The maximum Gasteiger partial charge on any atom is 0.273 e. The molecule has 0 aliphatic carbocycles. The van der Waals surface area contributed by atoms with Gasteiger partial charge in [-0.2, -0.15) is 0 Å². The molecule has 3 aromatic rings. The van der Waals surface area contributed by atoms with Gasteiger partial charge in [-0.25, -0.2) is 4.98 Å². The Morgan fingerprint density at radius 1 is 1.27 bits per heavy atom. The van der Waals surface area contributed by atoms with E-state index in [1.807, 2.05) is 0 Å². The van der Waals surface area contributed by atoms with E-state index in [1.165, 1.54) is 24.6 Å². The second-order valence-electron chi connectivity index (χ2n) is 4.45. The molecule has 110 valence electrons. The van der Waals surface area contributed by atoms with Crippen molar-refractivity contribution in [3.8, 4) is 5.75 Å². The van der Waals surface area contributed by atoms with Crippen LogP contribution in [0.4, 0.5) is 11.4 Å². The second-order valence-corrected chi connectivity index (χ2v) is 4.45. The molecule has 2 aromatic carbocycles. The number of amides is 1. The number of rotatable bonds is 3. The summed E-state index contributed by atoms with van der Waals surface area (Å²) in [5.74, 6) is -0.862. The Kier molecular flexibility index (Phi) is 3.18. The average Bonchev–Trinajstić information content (AvgIpc) is 2.96. The van der Waals surface area contributed by atoms with Gasteiger partial charge in [0.2, 0.25) is 0 Å². The number of hydrogen-bond donors (Lipinski definition) is 2. The standard InChI is InChI=1S/C14H9N3O5/c18-12-6-9(17(20)21)2-3-10(12)16-14(19)8-1-4-13-11(5-8)15-7-22-13/h1-7,18H,(H,16,19). The lowest BCUT2D eigenvalue weighted by atomic mass is 10.2. The van der Waals surface area contributed by atoms with Crippen LogP contribution in [0.3, 0.4) is 0 Å². The molecule has 22 heavy (non-hydrogen) atoms. The Morgan fingerprint density at radius 3 is 2.82 bits per heavy atom. The van der Waals surface area contributed by atoms with E-state index in [0.29, 0.717) is 16.7 Å². The molecular weight excluding hydrogens is 290 g/mol. The van der Waals surface area contributed by atoms with Crippen molar-refractivity contribution < 1.29 is 19.2 Å². The third-order valence-corrected chi connectivity index (χ3v) is 3.03. The molecule has 0 aliphatic rings. The number of hydrogen-bond acceptors (Lipinski definition) is 6. The highest BCUT2D eigenvalue weighted by molar-refractivity contribution is 6.06. The minimum Gasteiger partial charge on any atom is -0.506 e. The number of carbonyl (C=O) groups is 1. The summed E-state index contributed by atoms with van der Waals surface area (Å²) in [6.45, 7) is 0. The van der Waals surface area contributed by atoms with Gasteiger partial charge in [0.1, 0.15) is 11.3 Å². The van der Waals surface area contributed by atoms with Gasteiger partial charge in [0.05, 0.1) is 16.7 Å². The number of nitrogens with one attached hydrogen (secondary N) is 1. The van der Waals surface area contributed by atoms with Gasteiger partial charge in [0.15, 0.2) is 12.0 Å². The maximum absolute atomic E-state index is 12.1. The zero-order chi connectivity index (χ0) is 15.7. The highest BCUT2D eigenvalue weighted by Crippen LogP contribution is 2.28. The zero-order valence-electron chi connectivity index (χ0n) is 11.0. The molecule has 0 radical (unpaired) electrons. The summed E-state index contributed by atoms with van der Waals surface area (Å²) in [7, 11) is 0. The van der Waals surface area contributed by atoms with Gasteiger partial charge in [-0.05, 0) is 24.3 Å². The molecule has 0 aliphatic heterocycles. The molecular formula is C14H9N3O5. The van der Waals surface area contributed by atoms with Crippen molar-refractivity contribution in [2.45, 2.75) is 0 Å². The quantitative estimate of drug-likeness (QED) is 0.436. The highest BCUT2D eigenvalue weighted by atomic mass is 16.6. The van der Waals surface area contributed by atoms with Crippen molar-refractivity contribution in [2.24, 2.45) is 0 Å². The van der Waals surface area contributed by atoms with Gasteiger partial charge < -0.3 is 14.8 Å². The molecule has 0 saturated heterocycles. The first-order valence-electron chi connectivity index (χ1n) is 6.16.